The largest absolute Gasteiger partial charge is 0.382 e. The summed E-state index contributed by atoms with van der Waals surface area (Å²) in [4.78, 5) is 0. The van der Waals surface area contributed by atoms with Crippen molar-refractivity contribution in [2.45, 2.75) is 31.3 Å². The zero-order valence-corrected chi connectivity index (χ0v) is 9.64. The second-order valence-electron chi connectivity index (χ2n) is 4.31. The molecule has 0 bridgehead atoms. The van der Waals surface area contributed by atoms with E-state index in [1.807, 2.05) is 0 Å². The van der Waals surface area contributed by atoms with Crippen LogP contribution in [-0.4, -0.2) is 34.5 Å². The van der Waals surface area contributed by atoms with Crippen LogP contribution in [0.1, 0.15) is 36.1 Å². The zero-order chi connectivity index (χ0) is 12.4. The fourth-order valence-electron chi connectivity index (χ4n) is 2.18. The van der Waals surface area contributed by atoms with E-state index < -0.39 is 12.5 Å². The van der Waals surface area contributed by atoms with Gasteiger partial charge in [-0.15, -0.1) is 0 Å². The summed E-state index contributed by atoms with van der Waals surface area (Å²) in [6.45, 7) is 1.23. The average Bonchev–Trinajstić information content (AvgIpc) is 2.71. The van der Waals surface area contributed by atoms with Crippen molar-refractivity contribution in [1.82, 2.24) is 9.78 Å². The Hall–Kier alpha value is -1.01. The fraction of sp³-hybridized carbons (Fsp3) is 0.727. The van der Waals surface area contributed by atoms with Gasteiger partial charge < -0.3 is 9.84 Å². The monoisotopic (exact) mass is 246 g/mol. The van der Waals surface area contributed by atoms with Crippen molar-refractivity contribution in [3.8, 4) is 0 Å². The lowest BCUT2D eigenvalue weighted by Crippen LogP contribution is -2.18. The minimum atomic E-state index is -2.78. The van der Waals surface area contributed by atoms with Gasteiger partial charge in [-0.3, -0.25) is 4.68 Å². The maximum atomic E-state index is 12.6. The highest BCUT2D eigenvalue weighted by Gasteiger charge is 2.29. The van der Waals surface area contributed by atoms with Gasteiger partial charge in [0.2, 0.25) is 0 Å². The summed E-state index contributed by atoms with van der Waals surface area (Å²) in [7, 11) is 1.67. The van der Waals surface area contributed by atoms with Crippen LogP contribution < -0.4 is 0 Å². The number of ether oxygens (including phenoxy) is 1. The van der Waals surface area contributed by atoms with Crippen LogP contribution in [0.15, 0.2) is 6.20 Å². The topological polar surface area (TPSA) is 47.3 Å². The molecule has 1 saturated heterocycles. The van der Waals surface area contributed by atoms with Gasteiger partial charge >= 0.3 is 0 Å². The molecule has 1 N–H and O–H groups in total. The highest BCUT2D eigenvalue weighted by molar-refractivity contribution is 5.24. The van der Waals surface area contributed by atoms with E-state index in [1.165, 1.54) is 10.9 Å². The Labute approximate surface area is 98.2 Å². The fourth-order valence-corrected chi connectivity index (χ4v) is 2.18. The molecule has 0 radical (unpaired) electrons. The van der Waals surface area contributed by atoms with Crippen molar-refractivity contribution in [3.05, 3.63) is 17.5 Å². The van der Waals surface area contributed by atoms with Gasteiger partial charge in [0.1, 0.15) is 6.10 Å². The van der Waals surface area contributed by atoms with Gasteiger partial charge in [-0.05, 0) is 12.8 Å². The van der Waals surface area contributed by atoms with Gasteiger partial charge in [-0.2, -0.15) is 5.10 Å². The smallest absolute Gasteiger partial charge is 0.268 e. The summed E-state index contributed by atoms with van der Waals surface area (Å²) in [5.74, 6) is 0.105. The standard InChI is InChI=1S/C11H16F2N2O2/c1-15-6-8(10(16)11(12)13)9(14-15)7-2-4-17-5-3-7/h6-7,10-11,16H,2-5H2,1H3. The van der Waals surface area contributed by atoms with Gasteiger partial charge in [0.05, 0.1) is 5.69 Å². The van der Waals surface area contributed by atoms with Crippen LogP contribution >= 0.6 is 0 Å². The molecule has 6 heteroatoms. The minimum absolute atomic E-state index is 0.105. The number of rotatable bonds is 3. The maximum absolute atomic E-state index is 12.6. The second kappa shape index (κ2) is 5.10. The Kier molecular flexibility index (Phi) is 3.73. The summed E-state index contributed by atoms with van der Waals surface area (Å²) in [5.41, 5.74) is 0.831. The number of aromatic nitrogens is 2. The summed E-state index contributed by atoms with van der Waals surface area (Å²) in [6, 6.07) is 0. The molecule has 2 rings (SSSR count). The number of alkyl halides is 2. The summed E-state index contributed by atoms with van der Waals surface area (Å²) in [6.07, 6.45) is -1.53. The molecule has 1 aliphatic heterocycles. The molecule has 1 unspecified atom stereocenters. The highest BCUT2D eigenvalue weighted by Crippen LogP contribution is 2.32. The molecule has 1 aromatic heterocycles. The third-order valence-corrected chi connectivity index (χ3v) is 3.05. The molecule has 96 valence electrons. The normalized spacial score (nSPS) is 19.8. The van der Waals surface area contributed by atoms with Gasteiger partial charge in [0.25, 0.3) is 6.43 Å². The molecule has 1 aromatic rings. The van der Waals surface area contributed by atoms with Crippen molar-refractivity contribution in [3.63, 3.8) is 0 Å². The number of aryl methyl sites for hydroxylation is 1. The molecule has 1 aliphatic rings. The number of hydrogen-bond acceptors (Lipinski definition) is 3. The Morgan fingerprint density at radius 2 is 2.12 bits per heavy atom. The first-order valence-electron chi connectivity index (χ1n) is 5.67. The Morgan fingerprint density at radius 1 is 1.47 bits per heavy atom. The third-order valence-electron chi connectivity index (χ3n) is 3.05. The average molecular weight is 246 g/mol. The van der Waals surface area contributed by atoms with Crippen LogP contribution in [0.3, 0.4) is 0 Å². The summed E-state index contributed by atoms with van der Waals surface area (Å²) < 4.78 is 31.8. The van der Waals surface area contributed by atoms with Crippen molar-refractivity contribution < 1.29 is 18.6 Å². The lowest BCUT2D eigenvalue weighted by molar-refractivity contribution is -0.00693. The summed E-state index contributed by atoms with van der Waals surface area (Å²) in [5, 5.41) is 13.7. The Balaban J connectivity index is 2.26. The van der Waals surface area contributed by atoms with Crippen molar-refractivity contribution in [1.29, 1.82) is 0 Å². The predicted molar refractivity (Wildman–Crippen MR) is 57.0 cm³/mol. The Bertz CT molecular complexity index is 376. The van der Waals surface area contributed by atoms with E-state index in [0.717, 1.165) is 12.8 Å². The zero-order valence-electron chi connectivity index (χ0n) is 9.64. The highest BCUT2D eigenvalue weighted by atomic mass is 19.3. The van der Waals surface area contributed by atoms with Crippen LogP contribution in [-0.2, 0) is 11.8 Å². The molecule has 0 saturated carbocycles. The van der Waals surface area contributed by atoms with E-state index in [-0.39, 0.29) is 11.5 Å². The van der Waals surface area contributed by atoms with E-state index in [2.05, 4.69) is 5.10 Å². The van der Waals surface area contributed by atoms with Gasteiger partial charge in [0, 0.05) is 37.9 Å². The maximum Gasteiger partial charge on any atom is 0.268 e. The number of halogens is 2. The lowest BCUT2D eigenvalue weighted by Gasteiger charge is -2.22. The molecular formula is C11H16F2N2O2. The van der Waals surface area contributed by atoms with Crippen molar-refractivity contribution in [2.75, 3.05) is 13.2 Å². The number of aliphatic hydroxyl groups is 1. The molecule has 0 aliphatic carbocycles. The quantitative estimate of drug-likeness (QED) is 0.881. The van der Waals surface area contributed by atoms with Crippen LogP contribution in [0.5, 0.6) is 0 Å². The number of aliphatic hydroxyl groups excluding tert-OH is 1. The van der Waals surface area contributed by atoms with Gasteiger partial charge in [0.15, 0.2) is 0 Å². The predicted octanol–water partition coefficient (Wildman–Crippen LogP) is 1.61. The van der Waals surface area contributed by atoms with Crippen molar-refractivity contribution in [2.24, 2.45) is 7.05 Å². The Morgan fingerprint density at radius 3 is 2.71 bits per heavy atom. The molecular weight excluding hydrogens is 230 g/mol. The second-order valence-corrected chi connectivity index (χ2v) is 4.31. The molecule has 0 aromatic carbocycles. The van der Waals surface area contributed by atoms with Gasteiger partial charge in [-0.25, -0.2) is 8.78 Å². The summed E-state index contributed by atoms with van der Waals surface area (Å²) >= 11 is 0. The van der Waals surface area contributed by atoms with Crippen LogP contribution in [0.25, 0.3) is 0 Å². The van der Waals surface area contributed by atoms with E-state index in [9.17, 15) is 13.9 Å². The van der Waals surface area contributed by atoms with Crippen molar-refractivity contribution >= 4 is 0 Å². The molecule has 1 fully saturated rings. The minimum Gasteiger partial charge on any atom is -0.382 e. The van der Waals surface area contributed by atoms with E-state index >= 15 is 0 Å². The molecule has 4 nitrogen and oxygen atoms in total. The first kappa shape index (κ1) is 12.4. The first-order chi connectivity index (χ1) is 8.09. The van der Waals surface area contributed by atoms with Crippen LogP contribution in [0.4, 0.5) is 8.78 Å². The van der Waals surface area contributed by atoms with E-state index in [1.54, 1.807) is 7.05 Å². The third kappa shape index (κ3) is 2.63. The van der Waals surface area contributed by atoms with Crippen LogP contribution in [0, 0.1) is 0 Å². The molecule has 0 amide bonds. The molecule has 2 heterocycles. The van der Waals surface area contributed by atoms with E-state index in [0.29, 0.717) is 18.9 Å². The number of hydrogen-bond donors (Lipinski definition) is 1. The first-order valence-corrected chi connectivity index (χ1v) is 5.67. The molecule has 0 spiro atoms. The molecule has 1 atom stereocenters. The van der Waals surface area contributed by atoms with Crippen LogP contribution in [0.2, 0.25) is 0 Å². The SMILES string of the molecule is Cn1cc(C(O)C(F)F)c(C2CCOCC2)n1. The van der Waals surface area contributed by atoms with E-state index in [4.69, 9.17) is 4.74 Å². The molecule has 17 heavy (non-hydrogen) atoms. The lowest BCUT2D eigenvalue weighted by atomic mass is 9.92. The number of nitrogens with zero attached hydrogens (tertiary/aromatic N) is 2. The van der Waals surface area contributed by atoms with Gasteiger partial charge in [-0.1, -0.05) is 0 Å².